The highest BCUT2D eigenvalue weighted by molar-refractivity contribution is 14.0. The van der Waals surface area contributed by atoms with E-state index < -0.39 is 21.6 Å². The van der Waals surface area contributed by atoms with E-state index in [0.717, 1.165) is 12.1 Å². The van der Waals surface area contributed by atoms with Gasteiger partial charge in [0.05, 0.1) is 11.3 Å². The Morgan fingerprint density at radius 3 is 2.11 bits per heavy atom. The summed E-state index contributed by atoms with van der Waals surface area (Å²) in [6.07, 6.45) is -2.63. The van der Waals surface area contributed by atoms with Crippen LogP contribution in [0.2, 0.25) is 0 Å². The fourth-order valence-electron chi connectivity index (χ4n) is 2.09. The van der Waals surface area contributed by atoms with Gasteiger partial charge in [-0.2, -0.15) is 13.2 Å². The molecular weight excluding hydrogens is 494 g/mol. The van der Waals surface area contributed by atoms with Gasteiger partial charge in [-0.05, 0) is 29.5 Å². The van der Waals surface area contributed by atoms with Gasteiger partial charge in [0, 0.05) is 26.4 Å². The normalized spacial score (nSPS) is 13.1. The molecule has 0 aliphatic heterocycles. The van der Waals surface area contributed by atoms with Gasteiger partial charge in [-0.3, -0.25) is 4.99 Å². The van der Waals surface area contributed by atoms with Crippen molar-refractivity contribution >= 4 is 39.8 Å². The van der Waals surface area contributed by atoms with E-state index in [2.05, 4.69) is 15.6 Å². The first kappa shape index (κ1) is 26.0. The highest BCUT2D eigenvalue weighted by Gasteiger charge is 2.29. The van der Waals surface area contributed by atoms with Gasteiger partial charge in [0.1, 0.15) is 9.84 Å². The Labute approximate surface area is 176 Å². The Bertz CT molecular complexity index is 718. The van der Waals surface area contributed by atoms with Crippen LogP contribution in [0, 0.1) is 5.41 Å². The van der Waals surface area contributed by atoms with Crippen LogP contribution in [0.5, 0.6) is 0 Å². The lowest BCUT2D eigenvalue weighted by Crippen LogP contribution is -2.42. The maximum atomic E-state index is 12.6. The van der Waals surface area contributed by atoms with Crippen molar-refractivity contribution in [1.29, 1.82) is 0 Å². The van der Waals surface area contributed by atoms with Crippen molar-refractivity contribution in [1.82, 2.24) is 10.6 Å². The van der Waals surface area contributed by atoms with Gasteiger partial charge in [-0.1, -0.05) is 26.0 Å². The second kappa shape index (κ2) is 10.5. The van der Waals surface area contributed by atoms with E-state index in [1.165, 1.54) is 18.4 Å². The zero-order chi connectivity index (χ0) is 20.0. The van der Waals surface area contributed by atoms with Crippen molar-refractivity contribution in [3.63, 3.8) is 0 Å². The molecule has 0 aromatic heterocycles. The Morgan fingerprint density at radius 2 is 1.67 bits per heavy atom. The first-order valence-corrected chi connectivity index (χ1v) is 10.2. The number of nitrogens with one attached hydrogen (secondary N) is 2. The third kappa shape index (κ3) is 10.8. The van der Waals surface area contributed by atoms with E-state index in [-0.39, 0.29) is 35.1 Å². The maximum absolute atomic E-state index is 12.6. The van der Waals surface area contributed by atoms with Crippen LogP contribution in [-0.2, 0) is 22.6 Å². The molecule has 0 radical (unpaired) electrons. The number of aliphatic imine (C=N–C) groups is 1. The molecule has 1 aromatic rings. The minimum Gasteiger partial charge on any atom is -0.356 e. The number of hydrogen-bond donors (Lipinski definition) is 2. The fraction of sp³-hybridized carbons (Fsp3) is 0.588. The molecule has 1 aromatic carbocycles. The van der Waals surface area contributed by atoms with Crippen LogP contribution in [0.1, 0.15) is 31.4 Å². The maximum Gasteiger partial charge on any atom is 0.416 e. The summed E-state index contributed by atoms with van der Waals surface area (Å²) in [6.45, 7) is 4.74. The summed E-state index contributed by atoms with van der Waals surface area (Å²) in [6, 6.07) is 4.92. The number of hydrogen-bond acceptors (Lipinski definition) is 3. The summed E-state index contributed by atoms with van der Waals surface area (Å²) in [5.41, 5.74) is -0.247. The molecule has 0 aliphatic rings. The average Bonchev–Trinajstić information content (AvgIpc) is 2.52. The van der Waals surface area contributed by atoms with Gasteiger partial charge in [0.2, 0.25) is 0 Å². The molecule has 156 valence electrons. The number of guanidine groups is 1. The van der Waals surface area contributed by atoms with Gasteiger partial charge in [0.15, 0.2) is 5.96 Å². The molecule has 2 N–H and O–H groups in total. The summed E-state index contributed by atoms with van der Waals surface area (Å²) in [4.78, 5) is 4.07. The van der Waals surface area contributed by atoms with Crippen LogP contribution in [0.15, 0.2) is 29.3 Å². The predicted molar refractivity (Wildman–Crippen MR) is 113 cm³/mol. The second-order valence-electron chi connectivity index (χ2n) is 7.02. The van der Waals surface area contributed by atoms with Crippen molar-refractivity contribution in [2.45, 2.75) is 33.0 Å². The Kier molecular flexibility index (Phi) is 10.1. The van der Waals surface area contributed by atoms with Crippen molar-refractivity contribution in [3.05, 3.63) is 35.4 Å². The first-order valence-electron chi connectivity index (χ1n) is 8.11. The van der Waals surface area contributed by atoms with Crippen LogP contribution in [-0.4, -0.2) is 40.0 Å². The molecule has 10 heteroatoms. The molecule has 0 fully saturated rings. The molecule has 0 spiro atoms. The number of halogens is 4. The number of nitrogens with zero attached hydrogens (tertiary/aromatic N) is 1. The van der Waals surface area contributed by atoms with Gasteiger partial charge < -0.3 is 10.6 Å². The number of sulfone groups is 1. The van der Waals surface area contributed by atoms with Crippen molar-refractivity contribution in [3.8, 4) is 0 Å². The molecule has 1 rings (SSSR count). The van der Waals surface area contributed by atoms with Crippen molar-refractivity contribution in [2.24, 2.45) is 10.4 Å². The molecular formula is C17H27F3IN3O2S. The van der Waals surface area contributed by atoms with Crippen molar-refractivity contribution in [2.75, 3.05) is 25.6 Å². The number of rotatable bonds is 7. The molecule has 0 unspecified atom stereocenters. The van der Waals surface area contributed by atoms with Crippen LogP contribution >= 0.6 is 24.0 Å². The SMILES string of the molecule is CN=C(NCc1ccc(C(F)(F)F)cc1)NCC(C)(C)CCS(C)(=O)=O.I. The summed E-state index contributed by atoms with van der Waals surface area (Å²) < 4.78 is 60.2. The second-order valence-corrected chi connectivity index (χ2v) is 9.28. The number of alkyl halides is 3. The zero-order valence-electron chi connectivity index (χ0n) is 15.9. The van der Waals surface area contributed by atoms with Crippen LogP contribution in [0.3, 0.4) is 0 Å². The van der Waals surface area contributed by atoms with Gasteiger partial charge >= 0.3 is 6.18 Å². The molecule has 0 aliphatic carbocycles. The third-order valence-corrected chi connectivity index (χ3v) is 4.79. The van der Waals surface area contributed by atoms with E-state index in [9.17, 15) is 21.6 Å². The van der Waals surface area contributed by atoms with Crippen LogP contribution < -0.4 is 10.6 Å². The van der Waals surface area contributed by atoms with Gasteiger partial charge in [0.25, 0.3) is 0 Å². The van der Waals surface area contributed by atoms with E-state index in [0.29, 0.717) is 31.0 Å². The van der Waals surface area contributed by atoms with Gasteiger partial charge in [-0.25, -0.2) is 8.42 Å². The predicted octanol–water partition coefficient (Wildman–Crippen LogP) is 3.45. The van der Waals surface area contributed by atoms with Crippen LogP contribution in [0.4, 0.5) is 13.2 Å². The van der Waals surface area contributed by atoms with E-state index >= 15 is 0 Å². The Hall–Kier alpha value is -1.04. The zero-order valence-corrected chi connectivity index (χ0v) is 19.0. The smallest absolute Gasteiger partial charge is 0.356 e. The highest BCUT2D eigenvalue weighted by atomic mass is 127. The van der Waals surface area contributed by atoms with Crippen molar-refractivity contribution < 1.29 is 21.6 Å². The van der Waals surface area contributed by atoms with E-state index in [4.69, 9.17) is 0 Å². The fourth-order valence-corrected chi connectivity index (χ4v) is 3.01. The summed E-state index contributed by atoms with van der Waals surface area (Å²) in [5.74, 6) is 0.608. The lowest BCUT2D eigenvalue weighted by Gasteiger charge is -2.25. The van der Waals surface area contributed by atoms with Crippen LogP contribution in [0.25, 0.3) is 0 Å². The lowest BCUT2D eigenvalue weighted by molar-refractivity contribution is -0.137. The number of benzene rings is 1. The summed E-state index contributed by atoms with van der Waals surface area (Å²) in [7, 11) is -1.43. The molecule has 27 heavy (non-hydrogen) atoms. The standard InChI is InChI=1S/C17H26F3N3O2S.HI/c1-16(2,9-10-26(4,24)25)12-23-15(21-3)22-11-13-5-7-14(8-6-13)17(18,19)20;/h5-8H,9-12H2,1-4H3,(H2,21,22,23);1H. The highest BCUT2D eigenvalue weighted by Crippen LogP contribution is 2.29. The molecule has 0 heterocycles. The monoisotopic (exact) mass is 521 g/mol. The first-order chi connectivity index (χ1) is 11.8. The molecule has 0 amide bonds. The Balaban J connectivity index is 0.00000676. The quantitative estimate of drug-likeness (QED) is 0.328. The summed E-state index contributed by atoms with van der Waals surface area (Å²) >= 11 is 0. The molecule has 0 saturated heterocycles. The molecule has 5 nitrogen and oxygen atoms in total. The average molecular weight is 521 g/mol. The van der Waals surface area contributed by atoms with E-state index in [1.54, 1.807) is 7.05 Å². The Morgan fingerprint density at radius 1 is 1.11 bits per heavy atom. The third-order valence-electron chi connectivity index (χ3n) is 3.85. The molecule has 0 saturated carbocycles. The lowest BCUT2D eigenvalue weighted by atomic mass is 9.90. The minimum absolute atomic E-state index is 0. The molecule has 0 bridgehead atoms. The topological polar surface area (TPSA) is 70.6 Å². The summed E-state index contributed by atoms with van der Waals surface area (Å²) in [5, 5.41) is 6.14. The van der Waals surface area contributed by atoms with Gasteiger partial charge in [-0.15, -0.1) is 24.0 Å². The largest absolute Gasteiger partial charge is 0.416 e. The van der Waals surface area contributed by atoms with E-state index in [1.807, 2.05) is 13.8 Å². The molecule has 0 atom stereocenters. The minimum atomic E-state index is -4.35.